The molecular weight excluding hydrogens is 377 g/mol. The van der Waals surface area contributed by atoms with E-state index in [1.165, 1.54) is 25.3 Å². The molecule has 0 bridgehead atoms. The molecule has 0 fully saturated rings. The van der Waals surface area contributed by atoms with Gasteiger partial charge in [-0.1, -0.05) is 11.6 Å². The second kappa shape index (κ2) is 7.46. The number of hydrogen-bond donors (Lipinski definition) is 2. The Hall–Kier alpha value is -3.39. The van der Waals surface area contributed by atoms with Gasteiger partial charge in [-0.3, -0.25) is 9.59 Å². The zero-order valence-corrected chi connectivity index (χ0v) is 14.7. The molecule has 0 radical (unpaired) electrons. The van der Waals surface area contributed by atoms with E-state index >= 15 is 0 Å². The van der Waals surface area contributed by atoms with Crippen molar-refractivity contribution in [3.63, 3.8) is 0 Å². The van der Waals surface area contributed by atoms with Gasteiger partial charge in [0.25, 0.3) is 11.5 Å². The normalized spacial score (nSPS) is 10.5. The second-order valence-electron chi connectivity index (χ2n) is 5.42. The molecule has 1 amide bonds. The Kier molecular flexibility index (Phi) is 5.09. The highest BCUT2D eigenvalue weighted by atomic mass is 35.5. The smallest absolute Gasteiger partial charge is 0.333 e. The van der Waals surface area contributed by atoms with Crippen LogP contribution in [0.15, 0.2) is 58.3 Å². The minimum absolute atomic E-state index is 0.123. The van der Waals surface area contributed by atoms with Crippen LogP contribution in [0.5, 0.6) is 5.75 Å². The molecule has 0 spiro atoms. The summed E-state index contributed by atoms with van der Waals surface area (Å²) in [6.07, 6.45) is 1.01. The summed E-state index contributed by atoms with van der Waals surface area (Å²) < 4.78 is 19.0. The summed E-state index contributed by atoms with van der Waals surface area (Å²) in [5, 5.41) is 2.88. The standard InChI is InChI=1S/C18H13ClFN3O4/c1-27-15-7-2-10(19)8-14(15)22-16(24)13-9-21-18(26)23(17(13)25)12-5-3-11(20)4-6-12/h2-9H,1H3,(H,21,26)(H,22,24). The number of rotatable bonds is 4. The zero-order chi connectivity index (χ0) is 19.6. The number of nitrogens with one attached hydrogen (secondary N) is 2. The van der Waals surface area contributed by atoms with Crippen LogP contribution in [0.2, 0.25) is 5.02 Å². The van der Waals surface area contributed by atoms with Crippen LogP contribution in [0.25, 0.3) is 5.69 Å². The SMILES string of the molecule is COc1ccc(Cl)cc1NC(=O)c1c[nH]c(=O)n(-c2ccc(F)cc2)c1=O. The average Bonchev–Trinajstić information content (AvgIpc) is 2.63. The van der Waals surface area contributed by atoms with E-state index in [4.69, 9.17) is 16.3 Å². The van der Waals surface area contributed by atoms with Crippen LogP contribution in [0.3, 0.4) is 0 Å². The summed E-state index contributed by atoms with van der Waals surface area (Å²) >= 11 is 5.92. The number of carbonyl (C=O) groups excluding carboxylic acids is 1. The number of anilines is 1. The number of amides is 1. The molecule has 0 atom stereocenters. The molecule has 0 aliphatic carbocycles. The molecule has 1 aromatic heterocycles. The van der Waals surface area contributed by atoms with Gasteiger partial charge in [0, 0.05) is 11.2 Å². The topological polar surface area (TPSA) is 93.2 Å². The van der Waals surface area contributed by atoms with E-state index in [2.05, 4.69) is 10.3 Å². The maximum atomic E-state index is 13.1. The minimum Gasteiger partial charge on any atom is -0.495 e. The number of hydrogen-bond acceptors (Lipinski definition) is 4. The Bertz CT molecular complexity index is 1120. The van der Waals surface area contributed by atoms with Crippen molar-refractivity contribution < 1.29 is 13.9 Å². The Morgan fingerprint density at radius 2 is 1.89 bits per heavy atom. The maximum absolute atomic E-state index is 13.1. The van der Waals surface area contributed by atoms with Crippen molar-refractivity contribution in [1.29, 1.82) is 0 Å². The van der Waals surface area contributed by atoms with Gasteiger partial charge >= 0.3 is 5.69 Å². The first-order chi connectivity index (χ1) is 12.9. The molecule has 3 aromatic rings. The van der Waals surface area contributed by atoms with E-state index in [0.29, 0.717) is 10.8 Å². The lowest BCUT2D eigenvalue weighted by atomic mass is 10.2. The van der Waals surface area contributed by atoms with Gasteiger partial charge < -0.3 is 15.0 Å². The lowest BCUT2D eigenvalue weighted by molar-refractivity contribution is 0.102. The quantitative estimate of drug-likeness (QED) is 0.717. The second-order valence-corrected chi connectivity index (χ2v) is 5.86. The van der Waals surface area contributed by atoms with Crippen LogP contribution < -0.4 is 21.3 Å². The van der Waals surface area contributed by atoms with Crippen molar-refractivity contribution in [2.24, 2.45) is 0 Å². The Morgan fingerprint density at radius 1 is 1.19 bits per heavy atom. The van der Waals surface area contributed by atoms with Crippen LogP contribution in [-0.2, 0) is 0 Å². The first-order valence-corrected chi connectivity index (χ1v) is 8.04. The van der Waals surface area contributed by atoms with Gasteiger partial charge in [0.1, 0.15) is 17.1 Å². The van der Waals surface area contributed by atoms with Crippen LogP contribution >= 0.6 is 11.6 Å². The molecule has 27 heavy (non-hydrogen) atoms. The van der Waals surface area contributed by atoms with Gasteiger partial charge in [0.15, 0.2) is 0 Å². The Balaban J connectivity index is 2.03. The van der Waals surface area contributed by atoms with Gasteiger partial charge in [-0.2, -0.15) is 0 Å². The predicted octanol–water partition coefficient (Wildman–Crippen LogP) is 2.58. The summed E-state index contributed by atoms with van der Waals surface area (Å²) in [6, 6.07) is 9.32. The van der Waals surface area contributed by atoms with Gasteiger partial charge in [0.2, 0.25) is 0 Å². The molecule has 0 aliphatic rings. The van der Waals surface area contributed by atoms with E-state index in [1.807, 2.05) is 0 Å². The molecule has 1 heterocycles. The summed E-state index contributed by atoms with van der Waals surface area (Å²) in [5.41, 5.74) is -1.56. The largest absolute Gasteiger partial charge is 0.495 e. The monoisotopic (exact) mass is 389 g/mol. The van der Waals surface area contributed by atoms with Crippen molar-refractivity contribution in [1.82, 2.24) is 9.55 Å². The first kappa shape index (κ1) is 18.4. The number of ether oxygens (including phenoxy) is 1. The number of carbonyl (C=O) groups is 1. The summed E-state index contributed by atoms with van der Waals surface area (Å²) in [6.45, 7) is 0. The van der Waals surface area contributed by atoms with Crippen molar-refractivity contribution >= 4 is 23.2 Å². The van der Waals surface area contributed by atoms with E-state index in [0.717, 1.165) is 22.9 Å². The van der Waals surface area contributed by atoms with E-state index in [9.17, 15) is 18.8 Å². The van der Waals surface area contributed by atoms with Crippen LogP contribution in [-0.4, -0.2) is 22.6 Å². The number of aromatic nitrogens is 2. The number of aromatic amines is 1. The van der Waals surface area contributed by atoms with Crippen molar-refractivity contribution in [3.05, 3.63) is 85.9 Å². The lowest BCUT2D eigenvalue weighted by Crippen LogP contribution is -2.38. The predicted molar refractivity (Wildman–Crippen MR) is 98.6 cm³/mol. The maximum Gasteiger partial charge on any atom is 0.333 e. The highest BCUT2D eigenvalue weighted by Gasteiger charge is 2.17. The number of benzene rings is 2. The third-order valence-electron chi connectivity index (χ3n) is 3.72. The van der Waals surface area contributed by atoms with Crippen molar-refractivity contribution in [3.8, 4) is 11.4 Å². The van der Waals surface area contributed by atoms with Gasteiger partial charge in [0.05, 0.1) is 18.5 Å². The molecule has 7 nitrogen and oxygen atoms in total. The molecule has 2 aromatic carbocycles. The molecule has 0 saturated carbocycles. The van der Waals surface area contributed by atoms with Gasteiger partial charge in [-0.05, 0) is 42.5 Å². The highest BCUT2D eigenvalue weighted by molar-refractivity contribution is 6.31. The van der Waals surface area contributed by atoms with Crippen LogP contribution in [0.4, 0.5) is 10.1 Å². The fraction of sp³-hybridized carbons (Fsp3) is 0.0556. The Labute approximate surface area is 157 Å². The molecular formula is C18H13ClFN3O4. The summed E-state index contributed by atoms with van der Waals surface area (Å²) in [5.74, 6) is -0.950. The number of halogens is 2. The van der Waals surface area contributed by atoms with Crippen LogP contribution in [0, 0.1) is 5.82 Å². The molecule has 9 heteroatoms. The molecule has 0 unspecified atom stereocenters. The van der Waals surface area contributed by atoms with Crippen molar-refractivity contribution in [2.75, 3.05) is 12.4 Å². The fourth-order valence-corrected chi connectivity index (χ4v) is 2.60. The average molecular weight is 390 g/mol. The summed E-state index contributed by atoms with van der Waals surface area (Å²) in [4.78, 5) is 39.6. The van der Waals surface area contributed by atoms with E-state index < -0.39 is 23.0 Å². The van der Waals surface area contributed by atoms with Gasteiger partial charge in [-0.15, -0.1) is 0 Å². The van der Waals surface area contributed by atoms with Crippen molar-refractivity contribution in [2.45, 2.75) is 0 Å². The van der Waals surface area contributed by atoms with E-state index in [-0.39, 0.29) is 16.9 Å². The molecule has 2 N–H and O–H groups in total. The highest BCUT2D eigenvalue weighted by Crippen LogP contribution is 2.27. The van der Waals surface area contributed by atoms with Crippen LogP contribution in [0.1, 0.15) is 10.4 Å². The van der Waals surface area contributed by atoms with Gasteiger partial charge in [-0.25, -0.2) is 13.8 Å². The molecule has 138 valence electrons. The zero-order valence-electron chi connectivity index (χ0n) is 14.0. The third kappa shape index (κ3) is 3.75. The number of H-pyrrole nitrogens is 1. The summed E-state index contributed by atoms with van der Waals surface area (Å²) in [7, 11) is 1.42. The molecule has 0 aliphatic heterocycles. The third-order valence-corrected chi connectivity index (χ3v) is 3.95. The number of nitrogens with zero attached hydrogens (tertiary/aromatic N) is 1. The molecule has 3 rings (SSSR count). The lowest BCUT2D eigenvalue weighted by Gasteiger charge is -2.11. The molecule has 0 saturated heterocycles. The van der Waals surface area contributed by atoms with E-state index in [1.54, 1.807) is 12.1 Å². The number of methoxy groups -OCH3 is 1. The Morgan fingerprint density at radius 3 is 2.56 bits per heavy atom. The fourth-order valence-electron chi connectivity index (χ4n) is 2.43. The first-order valence-electron chi connectivity index (χ1n) is 7.66. The minimum atomic E-state index is -0.858.